The standard InChI is InChI=1S/C53H69N7O7/c1-34(2)27-30-65-45-25-23-38-13-6-8-15-40(38)48(45)49-41-16-9-7-14-39(41)24-26-46(49)66-33-47(61)58-42(17-10-11-28-54)50(62)59-43(18-12-29-57-53(55)56)51(63)60-44(31-35(3)4)52(64)67-32-37-21-19-36(5)20-22-37/h6-9,13-16,19-26,34-35,42-44H,10-12,17-18,27-33,54H2,1-5H3,(H,58,61)(H,59,62)(H,60,63)(H4,55,56,57)/p+2/t42-,43-,44+/m1/s1. The highest BCUT2D eigenvalue weighted by Gasteiger charge is 2.31. The maximum Gasteiger partial charge on any atom is 0.338 e. The lowest BCUT2D eigenvalue weighted by Gasteiger charge is -2.26. The molecule has 11 N–H and O–H groups in total. The van der Waals surface area contributed by atoms with Gasteiger partial charge in [-0.05, 0) is 103 Å². The monoisotopic (exact) mass is 918 g/mol. The number of nitrogens with two attached hydrogens (primary N) is 2. The van der Waals surface area contributed by atoms with Gasteiger partial charge in [-0.2, -0.15) is 0 Å². The number of carbonyl (C=O) groups excluding carboxylic acids is 4. The number of aryl methyl sites for hydroxylation is 1. The molecular formula is C53H71N7O7+2. The topological polar surface area (TPSA) is 226 Å². The molecule has 0 aliphatic rings. The third-order valence-electron chi connectivity index (χ3n) is 11.4. The average molecular weight is 918 g/mol. The van der Waals surface area contributed by atoms with Crippen LogP contribution in [-0.4, -0.2) is 74.1 Å². The van der Waals surface area contributed by atoms with Crippen molar-refractivity contribution in [1.82, 2.24) is 16.0 Å². The molecule has 0 bridgehead atoms. The van der Waals surface area contributed by atoms with Crippen LogP contribution in [0, 0.1) is 18.8 Å². The lowest BCUT2D eigenvalue weighted by Crippen LogP contribution is -2.78. The van der Waals surface area contributed by atoms with Gasteiger partial charge in [0, 0.05) is 11.1 Å². The second-order valence-corrected chi connectivity index (χ2v) is 18.0. The third kappa shape index (κ3) is 15.7. The molecule has 14 nitrogen and oxygen atoms in total. The van der Waals surface area contributed by atoms with E-state index in [2.05, 4.69) is 52.7 Å². The molecule has 14 heteroatoms. The summed E-state index contributed by atoms with van der Waals surface area (Å²) in [4.78, 5) is 58.5. The van der Waals surface area contributed by atoms with Gasteiger partial charge in [-0.15, -0.1) is 0 Å². The molecule has 0 saturated carbocycles. The van der Waals surface area contributed by atoms with E-state index in [1.54, 1.807) is 0 Å². The molecule has 3 amide bonds. The van der Waals surface area contributed by atoms with Gasteiger partial charge in [-0.1, -0.05) is 118 Å². The maximum atomic E-state index is 14.2. The van der Waals surface area contributed by atoms with E-state index in [1.807, 2.05) is 106 Å². The van der Waals surface area contributed by atoms with Crippen molar-refractivity contribution >= 4 is 51.2 Å². The smallest absolute Gasteiger partial charge is 0.338 e. The highest BCUT2D eigenvalue weighted by atomic mass is 16.5. The van der Waals surface area contributed by atoms with Crippen molar-refractivity contribution in [3.8, 4) is 22.6 Å². The van der Waals surface area contributed by atoms with Crippen LogP contribution in [0.1, 0.15) is 83.8 Å². The van der Waals surface area contributed by atoms with Gasteiger partial charge in [0.2, 0.25) is 11.8 Å². The van der Waals surface area contributed by atoms with Gasteiger partial charge < -0.3 is 35.9 Å². The van der Waals surface area contributed by atoms with Crippen LogP contribution in [0.2, 0.25) is 0 Å². The highest BCUT2D eigenvalue weighted by Crippen LogP contribution is 2.45. The Bertz CT molecular complexity index is 2450. The lowest BCUT2D eigenvalue weighted by molar-refractivity contribution is -0.459. The van der Waals surface area contributed by atoms with Gasteiger partial charge in [-0.3, -0.25) is 30.8 Å². The molecule has 0 aliphatic heterocycles. The molecule has 0 radical (unpaired) electrons. The Morgan fingerprint density at radius 2 is 1.21 bits per heavy atom. The molecule has 5 aromatic rings. The second kappa shape index (κ2) is 25.9. The van der Waals surface area contributed by atoms with Crippen molar-refractivity contribution in [2.24, 2.45) is 23.3 Å². The second-order valence-electron chi connectivity index (χ2n) is 18.0. The molecule has 0 unspecified atom stereocenters. The number of carbonyl (C=O) groups is 4. The van der Waals surface area contributed by atoms with E-state index in [-0.39, 0.29) is 31.3 Å². The van der Waals surface area contributed by atoms with Crippen molar-refractivity contribution < 1.29 is 44.1 Å². The molecule has 0 heterocycles. The first-order chi connectivity index (χ1) is 32.2. The number of quaternary nitrogens is 1. The SMILES string of the molecule is Cc1ccc(COC(=O)[C@H](CC(C)C)NC(=O)[C@@H](CCC[NH+]=C(N)N)NC(=O)[C@@H](CCCC[NH3+])NC(=O)COc2ccc3ccccc3c2-c2c(OCCC(C)C)ccc3ccccc23)cc1. The molecule has 0 aliphatic carbocycles. The van der Waals surface area contributed by atoms with E-state index < -0.39 is 48.4 Å². The van der Waals surface area contributed by atoms with Gasteiger partial charge in [0.05, 0.1) is 19.7 Å². The van der Waals surface area contributed by atoms with Crippen LogP contribution in [0.5, 0.6) is 11.5 Å². The van der Waals surface area contributed by atoms with Crippen molar-refractivity contribution in [3.63, 3.8) is 0 Å². The number of benzene rings is 5. The van der Waals surface area contributed by atoms with Crippen LogP contribution in [-0.2, 0) is 30.5 Å². The van der Waals surface area contributed by atoms with Crippen LogP contribution in [0.3, 0.4) is 0 Å². The Labute approximate surface area is 394 Å². The zero-order chi connectivity index (χ0) is 48.3. The van der Waals surface area contributed by atoms with E-state index >= 15 is 0 Å². The van der Waals surface area contributed by atoms with Gasteiger partial charge >= 0.3 is 11.9 Å². The number of nitrogens with one attached hydrogen (secondary N) is 4. The molecule has 358 valence electrons. The summed E-state index contributed by atoms with van der Waals surface area (Å²) in [5.41, 5.74) is 18.7. The largest absolute Gasteiger partial charge is 0.493 e. The molecule has 3 atom stereocenters. The number of hydrogen-bond acceptors (Lipinski definition) is 7. The Morgan fingerprint density at radius 3 is 1.79 bits per heavy atom. The van der Waals surface area contributed by atoms with Gasteiger partial charge in [0.25, 0.3) is 5.91 Å². The number of hydrogen-bond donors (Lipinski definition) is 7. The molecule has 0 spiro atoms. The Balaban J connectivity index is 1.37. The Kier molecular flexibility index (Phi) is 19.8. The van der Waals surface area contributed by atoms with E-state index in [1.165, 1.54) is 0 Å². The van der Waals surface area contributed by atoms with Gasteiger partial charge in [0.15, 0.2) is 6.61 Å². The van der Waals surface area contributed by atoms with E-state index in [0.717, 1.165) is 56.6 Å². The summed E-state index contributed by atoms with van der Waals surface area (Å²) >= 11 is 0. The van der Waals surface area contributed by atoms with Crippen molar-refractivity contribution in [2.75, 3.05) is 26.3 Å². The summed E-state index contributed by atoms with van der Waals surface area (Å²) < 4.78 is 18.6. The summed E-state index contributed by atoms with van der Waals surface area (Å²) in [6, 6.07) is 28.6. The first-order valence-electron chi connectivity index (χ1n) is 23.6. The quantitative estimate of drug-likeness (QED) is 0.0178. The number of fused-ring (bicyclic) bond motifs is 2. The Morgan fingerprint density at radius 1 is 0.642 bits per heavy atom. The summed E-state index contributed by atoms with van der Waals surface area (Å²) in [5, 5.41) is 12.6. The summed E-state index contributed by atoms with van der Waals surface area (Å²) in [7, 11) is 0. The van der Waals surface area contributed by atoms with E-state index in [0.29, 0.717) is 56.4 Å². The molecular weight excluding hydrogens is 847 g/mol. The molecule has 0 fully saturated rings. The van der Waals surface area contributed by atoms with Crippen LogP contribution < -0.4 is 47.6 Å². The molecule has 0 saturated heterocycles. The predicted octanol–water partition coefficient (Wildman–Crippen LogP) is 4.56. The van der Waals surface area contributed by atoms with Crippen molar-refractivity contribution in [2.45, 2.75) is 104 Å². The van der Waals surface area contributed by atoms with Crippen molar-refractivity contribution in [3.05, 3.63) is 108 Å². The zero-order valence-corrected chi connectivity index (χ0v) is 39.8. The molecule has 0 aromatic heterocycles. The number of unbranched alkanes of at least 4 members (excludes halogenated alkanes) is 1. The minimum Gasteiger partial charge on any atom is -0.493 e. The number of guanidine groups is 1. The number of ether oxygens (including phenoxy) is 3. The number of rotatable bonds is 26. The Hall–Kier alpha value is -6.67. The summed E-state index contributed by atoms with van der Waals surface area (Å²) in [6.45, 7) is 11.3. The summed E-state index contributed by atoms with van der Waals surface area (Å²) in [5.74, 6) is -0.512. The van der Waals surface area contributed by atoms with Crippen LogP contribution in [0.15, 0.2) is 97.1 Å². The van der Waals surface area contributed by atoms with Gasteiger partial charge in [-0.25, -0.2) is 4.79 Å². The van der Waals surface area contributed by atoms with E-state index in [9.17, 15) is 19.2 Å². The first kappa shape index (κ1) is 51.3. The minimum absolute atomic E-state index is 0.0251. The average Bonchev–Trinajstić information content (AvgIpc) is 3.30. The van der Waals surface area contributed by atoms with Gasteiger partial charge in [0.1, 0.15) is 36.2 Å². The minimum atomic E-state index is -1.07. The highest BCUT2D eigenvalue weighted by molar-refractivity contribution is 6.10. The maximum absolute atomic E-state index is 14.2. The van der Waals surface area contributed by atoms with Crippen molar-refractivity contribution in [1.29, 1.82) is 0 Å². The fourth-order valence-electron chi connectivity index (χ4n) is 7.81. The predicted molar refractivity (Wildman–Crippen MR) is 264 cm³/mol. The number of amides is 3. The van der Waals surface area contributed by atoms with E-state index in [4.69, 9.17) is 25.7 Å². The summed E-state index contributed by atoms with van der Waals surface area (Å²) in [6.07, 6.45) is 3.36. The zero-order valence-electron chi connectivity index (χ0n) is 39.8. The molecule has 5 rings (SSSR count). The van der Waals surface area contributed by atoms with Crippen LogP contribution in [0.25, 0.3) is 32.7 Å². The number of esters is 1. The fraction of sp³-hybridized carbons (Fsp3) is 0.415. The molecule has 67 heavy (non-hydrogen) atoms. The normalized spacial score (nSPS) is 12.6. The fourth-order valence-corrected chi connectivity index (χ4v) is 7.81. The third-order valence-corrected chi connectivity index (χ3v) is 11.4. The van der Waals surface area contributed by atoms with Crippen LogP contribution >= 0.6 is 0 Å². The first-order valence-corrected chi connectivity index (χ1v) is 23.6. The lowest BCUT2D eigenvalue weighted by atomic mass is 9.92. The van der Waals surface area contributed by atoms with Crippen LogP contribution in [0.4, 0.5) is 0 Å². The molecule has 5 aromatic carbocycles.